The van der Waals surface area contributed by atoms with Gasteiger partial charge >= 0.3 is 0 Å². The number of amides is 1. The summed E-state index contributed by atoms with van der Waals surface area (Å²) in [4.78, 5) is 25.7. The fraction of sp³-hybridized carbons (Fsp3) is 0.0800. The highest BCUT2D eigenvalue weighted by atomic mass is 19.1. The average Bonchev–Trinajstić information content (AvgIpc) is 2.79. The molecule has 0 saturated heterocycles. The van der Waals surface area contributed by atoms with Gasteiger partial charge in [0.2, 0.25) is 5.43 Å². The second-order valence-electron chi connectivity index (χ2n) is 7.09. The number of nitrogens with one attached hydrogen (secondary N) is 1. The Bertz CT molecular complexity index is 1230. The number of hydrogen-bond acceptors (Lipinski definition) is 3. The predicted octanol–water partition coefficient (Wildman–Crippen LogP) is 4.20. The van der Waals surface area contributed by atoms with Crippen LogP contribution in [0.2, 0.25) is 0 Å². The fourth-order valence-electron chi connectivity index (χ4n) is 3.42. The van der Waals surface area contributed by atoms with Gasteiger partial charge in [-0.2, -0.15) is 5.10 Å². The van der Waals surface area contributed by atoms with Crippen molar-refractivity contribution in [1.82, 2.24) is 15.1 Å². The number of para-hydroxylation sites is 1. The second kappa shape index (κ2) is 8.75. The van der Waals surface area contributed by atoms with E-state index in [1.54, 1.807) is 19.1 Å². The third-order valence-electron chi connectivity index (χ3n) is 4.94. The lowest BCUT2D eigenvalue weighted by Crippen LogP contribution is -2.35. The standard InChI is InChI=1S/C25H20FN3O2/c1-17-16-22(30)24(28-29(17)21-15-9-8-14-20(21)26)25(31)27-23(18-10-4-2-5-11-18)19-12-6-3-7-13-19/h2-16,23H,1H3,(H,27,31). The Labute approximate surface area is 178 Å². The highest BCUT2D eigenvalue weighted by Gasteiger charge is 2.22. The van der Waals surface area contributed by atoms with Crippen molar-refractivity contribution in [3.8, 4) is 5.69 Å². The van der Waals surface area contributed by atoms with Crippen molar-refractivity contribution in [2.24, 2.45) is 0 Å². The van der Waals surface area contributed by atoms with Crippen molar-refractivity contribution in [2.75, 3.05) is 0 Å². The van der Waals surface area contributed by atoms with Crippen LogP contribution in [0.15, 0.2) is 95.8 Å². The SMILES string of the molecule is Cc1cc(=O)c(C(=O)NC(c2ccccc2)c2ccccc2)nn1-c1ccccc1F. The first-order chi connectivity index (χ1) is 15.0. The summed E-state index contributed by atoms with van der Waals surface area (Å²) < 4.78 is 15.6. The molecular formula is C25H20FN3O2. The predicted molar refractivity (Wildman–Crippen MR) is 117 cm³/mol. The molecule has 0 aliphatic heterocycles. The van der Waals surface area contributed by atoms with Crippen molar-refractivity contribution < 1.29 is 9.18 Å². The summed E-state index contributed by atoms with van der Waals surface area (Å²) >= 11 is 0. The van der Waals surface area contributed by atoms with Gasteiger partial charge in [-0.15, -0.1) is 0 Å². The van der Waals surface area contributed by atoms with Crippen molar-refractivity contribution >= 4 is 5.91 Å². The first kappa shape index (κ1) is 20.2. The summed E-state index contributed by atoms with van der Waals surface area (Å²) in [5.74, 6) is -1.13. The molecule has 3 aromatic carbocycles. The molecule has 0 radical (unpaired) electrons. The second-order valence-corrected chi connectivity index (χ2v) is 7.09. The molecule has 0 bridgehead atoms. The Hall–Kier alpha value is -4.06. The Morgan fingerprint density at radius 2 is 1.45 bits per heavy atom. The molecule has 1 N–H and O–H groups in total. The molecule has 6 heteroatoms. The normalized spacial score (nSPS) is 10.8. The highest BCUT2D eigenvalue weighted by Crippen LogP contribution is 2.22. The molecule has 0 saturated carbocycles. The minimum absolute atomic E-state index is 0.164. The van der Waals surface area contributed by atoms with Crippen molar-refractivity contribution in [1.29, 1.82) is 0 Å². The number of benzene rings is 3. The van der Waals surface area contributed by atoms with E-state index in [-0.39, 0.29) is 11.4 Å². The zero-order valence-corrected chi connectivity index (χ0v) is 16.8. The van der Waals surface area contributed by atoms with Gasteiger partial charge in [-0.1, -0.05) is 72.8 Å². The van der Waals surface area contributed by atoms with E-state index in [9.17, 15) is 14.0 Å². The quantitative estimate of drug-likeness (QED) is 0.533. The Morgan fingerprint density at radius 3 is 2.03 bits per heavy atom. The van der Waals surface area contributed by atoms with E-state index >= 15 is 0 Å². The van der Waals surface area contributed by atoms with E-state index in [2.05, 4.69) is 10.4 Å². The third-order valence-corrected chi connectivity index (χ3v) is 4.94. The molecule has 0 fully saturated rings. The van der Waals surface area contributed by atoms with Crippen LogP contribution in [0, 0.1) is 12.7 Å². The number of carbonyl (C=O) groups is 1. The molecule has 1 aromatic heterocycles. The van der Waals surface area contributed by atoms with Crippen LogP contribution >= 0.6 is 0 Å². The lowest BCUT2D eigenvalue weighted by Gasteiger charge is -2.20. The van der Waals surface area contributed by atoms with Crippen LogP contribution in [0.25, 0.3) is 5.69 Å². The van der Waals surface area contributed by atoms with Gasteiger partial charge in [-0.05, 0) is 30.2 Å². The molecule has 0 aliphatic carbocycles. The molecule has 1 amide bonds. The number of aryl methyl sites for hydroxylation is 1. The molecule has 4 rings (SSSR count). The van der Waals surface area contributed by atoms with Gasteiger partial charge in [-0.3, -0.25) is 9.59 Å². The van der Waals surface area contributed by atoms with Gasteiger partial charge in [0, 0.05) is 11.8 Å². The molecule has 31 heavy (non-hydrogen) atoms. The van der Waals surface area contributed by atoms with Gasteiger partial charge in [0.25, 0.3) is 5.91 Å². The summed E-state index contributed by atoms with van der Waals surface area (Å²) in [5.41, 5.74) is 1.49. The molecule has 4 aromatic rings. The van der Waals surface area contributed by atoms with Crippen LogP contribution in [0.3, 0.4) is 0 Å². The number of hydrogen-bond donors (Lipinski definition) is 1. The van der Waals surface area contributed by atoms with E-state index in [1.165, 1.54) is 22.9 Å². The minimum atomic E-state index is -0.632. The smallest absolute Gasteiger partial charge is 0.276 e. The lowest BCUT2D eigenvalue weighted by atomic mass is 9.98. The zero-order valence-electron chi connectivity index (χ0n) is 16.8. The van der Waals surface area contributed by atoms with Gasteiger partial charge in [-0.25, -0.2) is 9.07 Å². The summed E-state index contributed by atoms with van der Waals surface area (Å²) in [6.45, 7) is 1.64. The van der Waals surface area contributed by atoms with Crippen molar-refractivity contribution in [2.45, 2.75) is 13.0 Å². The Balaban J connectivity index is 1.74. The first-order valence-electron chi connectivity index (χ1n) is 9.81. The summed E-state index contributed by atoms with van der Waals surface area (Å²) in [6.07, 6.45) is 0. The first-order valence-corrected chi connectivity index (χ1v) is 9.81. The maximum Gasteiger partial charge on any atom is 0.276 e. The van der Waals surface area contributed by atoms with E-state index in [0.717, 1.165) is 11.1 Å². The number of carbonyl (C=O) groups excluding carboxylic acids is 1. The maximum atomic E-state index is 14.3. The van der Waals surface area contributed by atoms with Crippen molar-refractivity contribution in [3.63, 3.8) is 0 Å². The zero-order chi connectivity index (χ0) is 21.8. The molecule has 5 nitrogen and oxygen atoms in total. The van der Waals surface area contributed by atoms with E-state index in [4.69, 9.17) is 0 Å². The molecule has 0 spiro atoms. The van der Waals surface area contributed by atoms with E-state index in [1.807, 2.05) is 60.7 Å². The molecular weight excluding hydrogens is 393 g/mol. The van der Waals surface area contributed by atoms with Crippen LogP contribution in [0.4, 0.5) is 4.39 Å². The van der Waals surface area contributed by atoms with Crippen LogP contribution in [0.1, 0.15) is 33.4 Å². The highest BCUT2D eigenvalue weighted by molar-refractivity contribution is 5.92. The Kier molecular flexibility index (Phi) is 5.71. The van der Waals surface area contributed by atoms with Crippen molar-refractivity contribution in [3.05, 3.63) is 130 Å². The van der Waals surface area contributed by atoms with Gasteiger partial charge < -0.3 is 5.32 Å². The van der Waals surface area contributed by atoms with Gasteiger partial charge in [0.1, 0.15) is 11.5 Å². The largest absolute Gasteiger partial charge is 0.340 e. The summed E-state index contributed by atoms with van der Waals surface area (Å²) in [7, 11) is 0. The molecule has 1 heterocycles. The molecule has 154 valence electrons. The average molecular weight is 413 g/mol. The monoisotopic (exact) mass is 413 g/mol. The summed E-state index contributed by atoms with van der Waals surface area (Å²) in [6, 6.07) is 25.8. The van der Waals surface area contributed by atoms with Crippen LogP contribution < -0.4 is 10.7 Å². The topological polar surface area (TPSA) is 64.0 Å². The van der Waals surface area contributed by atoms with Gasteiger partial charge in [0.15, 0.2) is 5.69 Å². The maximum absolute atomic E-state index is 14.3. The number of rotatable bonds is 5. The van der Waals surface area contributed by atoms with Gasteiger partial charge in [0.05, 0.1) is 6.04 Å². The van der Waals surface area contributed by atoms with Crippen LogP contribution in [-0.4, -0.2) is 15.7 Å². The fourth-order valence-corrected chi connectivity index (χ4v) is 3.42. The third kappa shape index (κ3) is 4.28. The number of nitrogens with zero attached hydrogens (tertiary/aromatic N) is 2. The van der Waals surface area contributed by atoms with E-state index in [0.29, 0.717) is 5.69 Å². The van der Waals surface area contributed by atoms with Crippen LogP contribution in [-0.2, 0) is 0 Å². The van der Waals surface area contributed by atoms with E-state index < -0.39 is 23.2 Å². The molecule has 0 aliphatic rings. The number of halogens is 1. The minimum Gasteiger partial charge on any atom is -0.340 e. The molecule has 0 atom stereocenters. The lowest BCUT2D eigenvalue weighted by molar-refractivity contribution is 0.0935. The molecule has 0 unspecified atom stereocenters. The number of aromatic nitrogens is 2. The Morgan fingerprint density at radius 1 is 0.903 bits per heavy atom. The van der Waals surface area contributed by atoms with Crippen LogP contribution in [0.5, 0.6) is 0 Å². The summed E-state index contributed by atoms with van der Waals surface area (Å²) in [5, 5.41) is 7.11.